The average molecular weight is 252 g/mol. The van der Waals surface area contributed by atoms with Gasteiger partial charge in [0.2, 0.25) is 0 Å². The first-order chi connectivity index (χ1) is 8.45. The number of nitrogens with one attached hydrogen (secondary N) is 1. The molecule has 0 aliphatic rings. The smallest absolute Gasteiger partial charge is 0.293 e. The molecular formula is C13H24N4O. The zero-order chi connectivity index (χ0) is 13.7. The fourth-order valence-electron chi connectivity index (χ4n) is 1.65. The molecule has 102 valence electrons. The molecule has 1 aromatic rings. The Kier molecular flexibility index (Phi) is 5.34. The highest BCUT2D eigenvalue weighted by atomic mass is 16.1. The number of nitrogens with two attached hydrogens (primary N) is 1. The largest absolute Gasteiger partial charge is 0.363 e. The molecule has 0 aliphatic heterocycles. The first kappa shape index (κ1) is 14.7. The summed E-state index contributed by atoms with van der Waals surface area (Å²) in [5.74, 6) is 1.13. The molecule has 2 atom stereocenters. The molecule has 1 aromatic heterocycles. The minimum atomic E-state index is -0.0673. The molecule has 0 bridgehead atoms. The number of hydrogen-bond acceptors (Lipinski definition) is 4. The van der Waals surface area contributed by atoms with E-state index in [0.29, 0.717) is 30.7 Å². The maximum atomic E-state index is 12.2. The van der Waals surface area contributed by atoms with Crippen LogP contribution in [0.2, 0.25) is 0 Å². The number of hydrogen-bond donors (Lipinski definition) is 2. The van der Waals surface area contributed by atoms with Gasteiger partial charge in [-0.2, -0.15) is 0 Å². The van der Waals surface area contributed by atoms with E-state index in [1.807, 2.05) is 13.8 Å². The lowest BCUT2D eigenvalue weighted by Crippen LogP contribution is -2.34. The van der Waals surface area contributed by atoms with Gasteiger partial charge in [0.15, 0.2) is 5.82 Å². The van der Waals surface area contributed by atoms with E-state index in [1.165, 1.54) is 0 Å². The summed E-state index contributed by atoms with van der Waals surface area (Å²) >= 11 is 0. The number of nitrogens with zero attached hydrogens (tertiary/aromatic N) is 2. The van der Waals surface area contributed by atoms with Crippen molar-refractivity contribution in [2.75, 3.05) is 11.9 Å². The van der Waals surface area contributed by atoms with Crippen LogP contribution in [-0.4, -0.2) is 22.1 Å². The SMILES string of the molecule is CC(C)Cn1ccnc(NC(C)C(C)CN)c1=O. The molecule has 0 aliphatic carbocycles. The van der Waals surface area contributed by atoms with Crippen LogP contribution in [0, 0.1) is 11.8 Å². The van der Waals surface area contributed by atoms with Crippen molar-refractivity contribution in [2.45, 2.75) is 40.3 Å². The lowest BCUT2D eigenvalue weighted by atomic mass is 10.0. The molecule has 1 heterocycles. The van der Waals surface area contributed by atoms with Gasteiger partial charge in [0.1, 0.15) is 0 Å². The van der Waals surface area contributed by atoms with Gasteiger partial charge < -0.3 is 15.6 Å². The van der Waals surface area contributed by atoms with Crippen LogP contribution in [0.25, 0.3) is 0 Å². The van der Waals surface area contributed by atoms with Crippen LogP contribution in [0.3, 0.4) is 0 Å². The molecule has 5 heteroatoms. The van der Waals surface area contributed by atoms with Crippen molar-refractivity contribution >= 4 is 5.82 Å². The van der Waals surface area contributed by atoms with Crippen LogP contribution in [-0.2, 0) is 6.54 Å². The highest BCUT2D eigenvalue weighted by Gasteiger charge is 2.13. The summed E-state index contributed by atoms with van der Waals surface area (Å²) < 4.78 is 1.69. The van der Waals surface area contributed by atoms with E-state index >= 15 is 0 Å². The Hall–Kier alpha value is -1.36. The summed E-state index contributed by atoms with van der Waals surface area (Å²) in [6.45, 7) is 9.52. The van der Waals surface area contributed by atoms with E-state index in [1.54, 1.807) is 17.0 Å². The second-order valence-corrected chi connectivity index (χ2v) is 5.27. The summed E-state index contributed by atoms with van der Waals surface area (Å²) in [6, 6.07) is 0.130. The van der Waals surface area contributed by atoms with Crippen LogP contribution >= 0.6 is 0 Å². The molecule has 0 amide bonds. The molecule has 0 spiro atoms. The molecule has 0 aromatic carbocycles. The van der Waals surface area contributed by atoms with E-state index in [2.05, 4.69) is 24.1 Å². The van der Waals surface area contributed by atoms with Crippen LogP contribution in [0.1, 0.15) is 27.7 Å². The zero-order valence-corrected chi connectivity index (χ0v) is 11.7. The fraction of sp³-hybridized carbons (Fsp3) is 0.692. The maximum absolute atomic E-state index is 12.2. The van der Waals surface area contributed by atoms with Gasteiger partial charge in [-0.25, -0.2) is 4.98 Å². The summed E-state index contributed by atoms with van der Waals surface area (Å²) in [4.78, 5) is 16.3. The Morgan fingerprint density at radius 3 is 2.61 bits per heavy atom. The number of anilines is 1. The van der Waals surface area contributed by atoms with Gasteiger partial charge in [0, 0.05) is 25.0 Å². The van der Waals surface area contributed by atoms with E-state index < -0.39 is 0 Å². The second kappa shape index (κ2) is 6.54. The maximum Gasteiger partial charge on any atom is 0.293 e. The molecule has 0 saturated carbocycles. The monoisotopic (exact) mass is 252 g/mol. The van der Waals surface area contributed by atoms with Crippen molar-refractivity contribution in [2.24, 2.45) is 17.6 Å². The van der Waals surface area contributed by atoms with Crippen molar-refractivity contribution in [1.29, 1.82) is 0 Å². The van der Waals surface area contributed by atoms with E-state index in [9.17, 15) is 4.79 Å². The van der Waals surface area contributed by atoms with Gasteiger partial charge >= 0.3 is 0 Å². The summed E-state index contributed by atoms with van der Waals surface area (Å²) in [6.07, 6.45) is 3.39. The molecule has 1 rings (SSSR count). The van der Waals surface area contributed by atoms with Gasteiger partial charge in [0.05, 0.1) is 0 Å². The molecule has 5 nitrogen and oxygen atoms in total. The fourth-order valence-corrected chi connectivity index (χ4v) is 1.65. The van der Waals surface area contributed by atoms with E-state index in [4.69, 9.17) is 5.73 Å². The Labute approximate surface area is 108 Å². The molecule has 0 fully saturated rings. The van der Waals surface area contributed by atoms with Gasteiger partial charge in [0.25, 0.3) is 5.56 Å². The average Bonchev–Trinajstić information content (AvgIpc) is 2.32. The third kappa shape index (κ3) is 3.84. The van der Waals surface area contributed by atoms with Gasteiger partial charge in [-0.05, 0) is 25.3 Å². The third-order valence-electron chi connectivity index (χ3n) is 3.07. The van der Waals surface area contributed by atoms with Crippen LogP contribution in [0.4, 0.5) is 5.82 Å². The van der Waals surface area contributed by atoms with Gasteiger partial charge in [-0.15, -0.1) is 0 Å². The topological polar surface area (TPSA) is 72.9 Å². The minimum Gasteiger partial charge on any atom is -0.363 e. The molecular weight excluding hydrogens is 228 g/mol. The molecule has 3 N–H and O–H groups in total. The highest BCUT2D eigenvalue weighted by molar-refractivity contribution is 5.32. The van der Waals surface area contributed by atoms with Crippen molar-refractivity contribution in [3.05, 3.63) is 22.7 Å². The Balaban J connectivity index is 2.87. The van der Waals surface area contributed by atoms with Crippen molar-refractivity contribution in [3.63, 3.8) is 0 Å². The lowest BCUT2D eigenvalue weighted by Gasteiger charge is -2.20. The van der Waals surface area contributed by atoms with Crippen LogP contribution in [0.5, 0.6) is 0 Å². The zero-order valence-electron chi connectivity index (χ0n) is 11.7. The van der Waals surface area contributed by atoms with Crippen molar-refractivity contribution < 1.29 is 0 Å². The highest BCUT2D eigenvalue weighted by Crippen LogP contribution is 2.06. The van der Waals surface area contributed by atoms with Gasteiger partial charge in [-0.3, -0.25) is 4.79 Å². The summed E-state index contributed by atoms with van der Waals surface area (Å²) in [7, 11) is 0. The van der Waals surface area contributed by atoms with E-state index in [0.717, 1.165) is 0 Å². The summed E-state index contributed by atoms with van der Waals surface area (Å²) in [5.41, 5.74) is 5.55. The first-order valence-corrected chi connectivity index (χ1v) is 6.47. The third-order valence-corrected chi connectivity index (χ3v) is 3.07. The Morgan fingerprint density at radius 1 is 1.39 bits per heavy atom. The standard InChI is InChI=1S/C13H24N4O/c1-9(2)8-17-6-5-15-12(13(17)18)16-11(4)10(3)7-14/h5-6,9-11H,7-8,14H2,1-4H3,(H,15,16). The predicted molar refractivity (Wildman–Crippen MR) is 74.6 cm³/mol. The minimum absolute atomic E-state index is 0.0673. The number of aromatic nitrogens is 2. The first-order valence-electron chi connectivity index (χ1n) is 6.47. The summed E-state index contributed by atoms with van der Waals surface area (Å²) in [5, 5.41) is 3.15. The second-order valence-electron chi connectivity index (χ2n) is 5.27. The molecule has 2 unspecified atom stereocenters. The molecule has 18 heavy (non-hydrogen) atoms. The lowest BCUT2D eigenvalue weighted by molar-refractivity contribution is 0.502. The van der Waals surface area contributed by atoms with Crippen molar-refractivity contribution in [1.82, 2.24) is 9.55 Å². The van der Waals surface area contributed by atoms with Crippen LogP contribution < -0.4 is 16.6 Å². The predicted octanol–water partition coefficient (Wildman–Crippen LogP) is 1.29. The molecule has 0 radical (unpaired) electrons. The number of rotatable bonds is 6. The van der Waals surface area contributed by atoms with E-state index in [-0.39, 0.29) is 11.6 Å². The van der Waals surface area contributed by atoms with Gasteiger partial charge in [-0.1, -0.05) is 20.8 Å². The van der Waals surface area contributed by atoms with Crippen molar-refractivity contribution in [3.8, 4) is 0 Å². The molecule has 0 saturated heterocycles. The quantitative estimate of drug-likeness (QED) is 0.800. The Bertz CT molecular complexity index is 427. The normalized spacial score (nSPS) is 14.6. The Morgan fingerprint density at radius 2 is 2.06 bits per heavy atom. The van der Waals surface area contributed by atoms with Crippen LogP contribution in [0.15, 0.2) is 17.2 Å².